The molecule has 18 heavy (non-hydrogen) atoms. The van der Waals surface area contributed by atoms with Crippen LogP contribution in [0.2, 0.25) is 0 Å². The molecule has 1 saturated heterocycles. The quantitative estimate of drug-likeness (QED) is 0.871. The number of aromatic nitrogens is 2. The number of hydrogen-bond donors (Lipinski definition) is 1. The molecule has 0 unspecified atom stereocenters. The maximum absolute atomic E-state index is 10.5. The molecular weight excluding hydrogens is 230 g/mol. The van der Waals surface area contributed by atoms with Crippen LogP contribution in [0.25, 0.3) is 0 Å². The topological polar surface area (TPSA) is 58.5 Å². The number of ether oxygens (including phenoxy) is 1. The van der Waals surface area contributed by atoms with Gasteiger partial charge in [-0.1, -0.05) is 0 Å². The van der Waals surface area contributed by atoms with E-state index in [1.165, 1.54) is 0 Å². The van der Waals surface area contributed by atoms with E-state index < -0.39 is 5.60 Å². The van der Waals surface area contributed by atoms with E-state index in [1.807, 2.05) is 25.8 Å². The average molecular weight is 251 g/mol. The average Bonchev–Trinajstić information content (AvgIpc) is 2.32. The van der Waals surface area contributed by atoms with Crippen molar-refractivity contribution in [3.8, 4) is 0 Å². The second-order valence-corrected chi connectivity index (χ2v) is 5.11. The van der Waals surface area contributed by atoms with Gasteiger partial charge in [0.2, 0.25) is 0 Å². The largest absolute Gasteiger partial charge is 0.388 e. The Labute approximate surface area is 108 Å². The third-order valence-electron chi connectivity index (χ3n) is 3.37. The van der Waals surface area contributed by atoms with Gasteiger partial charge in [-0.3, -0.25) is 4.98 Å². The lowest BCUT2D eigenvalue weighted by atomic mass is 9.94. The maximum atomic E-state index is 10.5. The molecule has 0 amide bonds. The lowest BCUT2D eigenvalue weighted by molar-refractivity contribution is -0.0573. The third-order valence-corrected chi connectivity index (χ3v) is 3.37. The molecule has 1 aromatic rings. The normalized spacial score (nSPS) is 18.7. The van der Waals surface area contributed by atoms with Gasteiger partial charge in [0, 0.05) is 45.8 Å². The van der Waals surface area contributed by atoms with Crippen LogP contribution in [-0.2, 0) is 4.74 Å². The molecule has 1 aliphatic heterocycles. The first-order valence-corrected chi connectivity index (χ1v) is 6.32. The molecule has 1 aliphatic rings. The fraction of sp³-hybridized carbons (Fsp3) is 0.692. The summed E-state index contributed by atoms with van der Waals surface area (Å²) < 4.78 is 5.29. The van der Waals surface area contributed by atoms with Crippen LogP contribution in [0.3, 0.4) is 0 Å². The maximum Gasteiger partial charge on any atom is 0.150 e. The van der Waals surface area contributed by atoms with Gasteiger partial charge in [-0.2, -0.15) is 0 Å². The number of aryl methyl sites for hydroxylation is 2. The summed E-state index contributed by atoms with van der Waals surface area (Å²) in [5.41, 5.74) is 1.10. The zero-order chi connectivity index (χ0) is 13.2. The van der Waals surface area contributed by atoms with Crippen LogP contribution in [0.4, 0.5) is 5.82 Å². The zero-order valence-electron chi connectivity index (χ0n) is 11.3. The molecule has 1 aromatic heterocycles. The SMILES string of the molecule is Cc1cnc(C)c(N(C)CC2(O)CCOCC2)n1. The van der Waals surface area contributed by atoms with E-state index in [0.29, 0.717) is 32.6 Å². The molecule has 2 heterocycles. The minimum atomic E-state index is -0.676. The van der Waals surface area contributed by atoms with Crippen LogP contribution in [0.1, 0.15) is 24.2 Å². The first-order valence-electron chi connectivity index (χ1n) is 6.32. The fourth-order valence-corrected chi connectivity index (χ4v) is 2.31. The van der Waals surface area contributed by atoms with Crippen molar-refractivity contribution in [3.05, 3.63) is 17.6 Å². The predicted octanol–water partition coefficient (Wildman–Crippen LogP) is 1.07. The number of rotatable bonds is 3. The van der Waals surface area contributed by atoms with Crippen LogP contribution >= 0.6 is 0 Å². The molecule has 100 valence electrons. The van der Waals surface area contributed by atoms with Gasteiger partial charge in [-0.25, -0.2) is 4.98 Å². The van der Waals surface area contributed by atoms with Gasteiger partial charge in [0.05, 0.1) is 17.0 Å². The Hall–Kier alpha value is -1.20. The molecule has 1 fully saturated rings. The van der Waals surface area contributed by atoms with E-state index >= 15 is 0 Å². The van der Waals surface area contributed by atoms with Crippen molar-refractivity contribution in [1.29, 1.82) is 0 Å². The molecule has 1 N–H and O–H groups in total. The van der Waals surface area contributed by atoms with Gasteiger partial charge in [0.25, 0.3) is 0 Å². The second-order valence-electron chi connectivity index (χ2n) is 5.11. The Balaban J connectivity index is 2.11. The Kier molecular flexibility index (Phi) is 3.82. The first kappa shape index (κ1) is 13.2. The molecule has 0 bridgehead atoms. The lowest BCUT2D eigenvalue weighted by Crippen LogP contribution is -2.46. The van der Waals surface area contributed by atoms with Crippen LogP contribution in [0, 0.1) is 13.8 Å². The summed E-state index contributed by atoms with van der Waals surface area (Å²) in [5, 5.41) is 10.5. The highest BCUT2D eigenvalue weighted by molar-refractivity contribution is 5.42. The zero-order valence-corrected chi connectivity index (χ0v) is 11.3. The second kappa shape index (κ2) is 5.20. The first-order chi connectivity index (χ1) is 8.50. The van der Waals surface area contributed by atoms with Crippen molar-refractivity contribution in [2.45, 2.75) is 32.3 Å². The minimum absolute atomic E-state index is 0.565. The molecule has 5 heteroatoms. The van der Waals surface area contributed by atoms with E-state index in [2.05, 4.69) is 9.97 Å². The molecule has 5 nitrogen and oxygen atoms in total. The molecule has 2 rings (SSSR count). The van der Waals surface area contributed by atoms with Gasteiger partial charge in [0.1, 0.15) is 5.82 Å². The van der Waals surface area contributed by atoms with Crippen LogP contribution < -0.4 is 4.90 Å². The number of likely N-dealkylation sites (N-methyl/N-ethyl adjacent to an activating group) is 1. The number of hydrogen-bond acceptors (Lipinski definition) is 5. The van der Waals surface area contributed by atoms with E-state index in [9.17, 15) is 5.11 Å². The van der Waals surface area contributed by atoms with Gasteiger partial charge in [-0.05, 0) is 13.8 Å². The molecule has 0 spiro atoms. The van der Waals surface area contributed by atoms with Crippen molar-refractivity contribution in [2.75, 3.05) is 31.7 Å². The van der Waals surface area contributed by atoms with E-state index in [1.54, 1.807) is 6.20 Å². The minimum Gasteiger partial charge on any atom is -0.388 e. The predicted molar refractivity (Wildman–Crippen MR) is 69.8 cm³/mol. The Morgan fingerprint density at radius 2 is 2.06 bits per heavy atom. The standard InChI is InChI=1S/C13H21N3O2/c1-10-8-14-11(2)12(15-10)16(3)9-13(17)4-6-18-7-5-13/h8,17H,4-7,9H2,1-3H3. The van der Waals surface area contributed by atoms with Gasteiger partial charge in [-0.15, -0.1) is 0 Å². The van der Waals surface area contributed by atoms with Crippen LogP contribution in [-0.4, -0.2) is 47.5 Å². The molecule has 0 aromatic carbocycles. The number of anilines is 1. The van der Waals surface area contributed by atoms with E-state index in [-0.39, 0.29) is 0 Å². The van der Waals surface area contributed by atoms with E-state index in [4.69, 9.17) is 4.74 Å². The monoisotopic (exact) mass is 251 g/mol. The van der Waals surface area contributed by atoms with Gasteiger partial charge < -0.3 is 14.7 Å². The number of aliphatic hydroxyl groups is 1. The summed E-state index contributed by atoms with van der Waals surface area (Å²) in [4.78, 5) is 10.8. The van der Waals surface area contributed by atoms with Crippen molar-refractivity contribution in [3.63, 3.8) is 0 Å². The summed E-state index contributed by atoms with van der Waals surface area (Å²) in [6.07, 6.45) is 3.11. The van der Waals surface area contributed by atoms with Crippen LogP contribution in [0.15, 0.2) is 6.20 Å². The Morgan fingerprint density at radius 3 is 2.72 bits per heavy atom. The molecule has 0 radical (unpaired) electrons. The summed E-state index contributed by atoms with van der Waals surface area (Å²) >= 11 is 0. The Morgan fingerprint density at radius 1 is 1.39 bits per heavy atom. The highest BCUT2D eigenvalue weighted by Crippen LogP contribution is 2.24. The van der Waals surface area contributed by atoms with Crippen molar-refractivity contribution in [1.82, 2.24) is 9.97 Å². The van der Waals surface area contributed by atoms with Crippen molar-refractivity contribution in [2.24, 2.45) is 0 Å². The van der Waals surface area contributed by atoms with Crippen LogP contribution in [0.5, 0.6) is 0 Å². The van der Waals surface area contributed by atoms with Gasteiger partial charge in [0.15, 0.2) is 0 Å². The summed E-state index contributed by atoms with van der Waals surface area (Å²) in [7, 11) is 1.95. The molecule has 0 saturated carbocycles. The van der Waals surface area contributed by atoms with Gasteiger partial charge >= 0.3 is 0 Å². The fourth-order valence-electron chi connectivity index (χ4n) is 2.31. The summed E-state index contributed by atoms with van der Waals surface area (Å²) in [6, 6.07) is 0. The molecule has 0 atom stereocenters. The summed E-state index contributed by atoms with van der Waals surface area (Å²) in [6.45, 7) is 5.68. The highest BCUT2D eigenvalue weighted by atomic mass is 16.5. The smallest absolute Gasteiger partial charge is 0.150 e. The van der Waals surface area contributed by atoms with E-state index in [0.717, 1.165) is 17.2 Å². The van der Waals surface area contributed by atoms with Crippen molar-refractivity contribution < 1.29 is 9.84 Å². The lowest BCUT2D eigenvalue weighted by Gasteiger charge is -2.36. The van der Waals surface area contributed by atoms with Crippen molar-refractivity contribution >= 4 is 5.82 Å². The highest BCUT2D eigenvalue weighted by Gasteiger charge is 2.31. The number of nitrogens with zero attached hydrogens (tertiary/aromatic N) is 3. The molecule has 0 aliphatic carbocycles. The summed E-state index contributed by atoms with van der Waals surface area (Å²) in [5.74, 6) is 0.843. The Bertz CT molecular complexity index is 417. The third kappa shape index (κ3) is 2.97. The molecular formula is C13H21N3O2.